The van der Waals surface area contributed by atoms with Crippen LogP contribution in [0.15, 0.2) is 89.9 Å². The lowest BCUT2D eigenvalue weighted by Gasteiger charge is -2.57. The Balaban J connectivity index is 0.766. The van der Waals surface area contributed by atoms with Crippen molar-refractivity contribution in [2.24, 2.45) is 24.1 Å². The summed E-state index contributed by atoms with van der Waals surface area (Å²) in [6.07, 6.45) is 7.65. The molecule has 15 nitrogen and oxygen atoms in total. The number of nitrogens with zero attached hydrogens (tertiary/aromatic N) is 8. The van der Waals surface area contributed by atoms with E-state index >= 15 is 0 Å². The predicted octanol–water partition coefficient (Wildman–Crippen LogP) is 3.87. The molecule has 15 heteroatoms. The van der Waals surface area contributed by atoms with Crippen molar-refractivity contribution in [1.29, 1.82) is 0 Å². The minimum Gasteiger partial charge on any atom is -0.507 e. The van der Waals surface area contributed by atoms with Crippen molar-refractivity contribution in [1.82, 2.24) is 34.4 Å². The molecule has 0 radical (unpaired) electrons. The maximum absolute atomic E-state index is 14.7. The summed E-state index contributed by atoms with van der Waals surface area (Å²) in [5, 5.41) is 21.3. The van der Waals surface area contributed by atoms with Crippen molar-refractivity contribution >= 4 is 40.1 Å². The molecule has 4 fully saturated rings. The second-order valence-electron chi connectivity index (χ2n) is 18.3. The van der Waals surface area contributed by atoms with Crippen LogP contribution in [0.5, 0.6) is 5.75 Å². The summed E-state index contributed by atoms with van der Waals surface area (Å²) in [7, 11) is 1.71. The maximum atomic E-state index is 14.7. The molecule has 3 amide bonds. The van der Waals surface area contributed by atoms with E-state index in [1.165, 1.54) is 4.57 Å². The van der Waals surface area contributed by atoms with Crippen molar-refractivity contribution in [2.75, 3.05) is 75.2 Å². The van der Waals surface area contributed by atoms with Gasteiger partial charge in [-0.3, -0.25) is 28.8 Å². The van der Waals surface area contributed by atoms with Gasteiger partial charge in [-0.05, 0) is 99.5 Å². The number of hydrogen-bond acceptors (Lipinski definition) is 11. The lowest BCUT2D eigenvalue weighted by molar-refractivity contribution is -0.154. The van der Waals surface area contributed by atoms with Gasteiger partial charge < -0.3 is 30.4 Å². The van der Waals surface area contributed by atoms with Gasteiger partial charge in [-0.2, -0.15) is 10.2 Å². The molecular formula is C48H58N10O5. The van der Waals surface area contributed by atoms with Gasteiger partial charge in [0, 0.05) is 82.5 Å². The number of anilines is 2. The van der Waals surface area contributed by atoms with E-state index in [0.717, 1.165) is 94.0 Å². The van der Waals surface area contributed by atoms with Crippen LogP contribution in [0.3, 0.4) is 0 Å². The Kier molecular flexibility index (Phi) is 11.8. The number of fused-ring (bicyclic) bond motifs is 1. The molecule has 0 atom stereocenters. The fraction of sp³-hybridized carbons (Fsp3) is 0.458. The fourth-order valence-corrected chi connectivity index (χ4v) is 10.6. The molecule has 4 aliphatic rings. The number of likely N-dealkylation sites (tertiary alicyclic amines) is 2. The third kappa shape index (κ3) is 8.43. The first-order valence-corrected chi connectivity index (χ1v) is 22.5. The number of phenolic OH excluding ortho intramolecular Hbond substituents is 1. The molecule has 5 aromatic rings. The minimum atomic E-state index is -0.575. The normalized spacial score (nSPS) is 19.0. The Hall–Kier alpha value is -6.06. The second kappa shape index (κ2) is 17.6. The van der Waals surface area contributed by atoms with Crippen molar-refractivity contribution < 1.29 is 19.5 Å². The number of aryl methyl sites for hydroxylation is 1. The molecular weight excluding hydrogens is 797 g/mol. The molecule has 330 valence electrons. The van der Waals surface area contributed by atoms with Crippen molar-refractivity contribution in [3.63, 3.8) is 0 Å². The highest BCUT2D eigenvalue weighted by molar-refractivity contribution is 5.95. The number of rotatable bonds is 11. The summed E-state index contributed by atoms with van der Waals surface area (Å²) in [5.41, 5.74) is 10.5. The highest BCUT2D eigenvalue weighted by Gasteiger charge is 2.53. The van der Waals surface area contributed by atoms with Crippen LogP contribution in [-0.4, -0.2) is 117 Å². The zero-order valence-electron chi connectivity index (χ0n) is 36.1. The van der Waals surface area contributed by atoms with Gasteiger partial charge in [0.25, 0.3) is 0 Å². The number of amides is 3. The molecule has 0 aliphatic carbocycles. The summed E-state index contributed by atoms with van der Waals surface area (Å²) < 4.78 is 2.96. The number of hydrogen-bond donors (Lipinski definition) is 3. The van der Waals surface area contributed by atoms with Gasteiger partial charge in [0.05, 0.1) is 34.0 Å². The molecule has 9 rings (SSSR count). The van der Waals surface area contributed by atoms with Gasteiger partial charge in [0.15, 0.2) is 0 Å². The fourth-order valence-electron chi connectivity index (χ4n) is 10.6. The monoisotopic (exact) mass is 854 g/mol. The van der Waals surface area contributed by atoms with E-state index in [0.29, 0.717) is 48.6 Å². The number of nitrogens with two attached hydrogens (primary N) is 1. The van der Waals surface area contributed by atoms with E-state index < -0.39 is 17.2 Å². The van der Waals surface area contributed by atoms with Gasteiger partial charge in [-0.1, -0.05) is 42.5 Å². The molecule has 4 aliphatic heterocycles. The summed E-state index contributed by atoms with van der Waals surface area (Å²) in [4.78, 5) is 61.6. The highest BCUT2D eigenvalue weighted by Crippen LogP contribution is 2.46. The van der Waals surface area contributed by atoms with Crippen LogP contribution in [0.25, 0.3) is 22.3 Å². The van der Waals surface area contributed by atoms with E-state index in [1.54, 1.807) is 29.9 Å². The minimum absolute atomic E-state index is 0.0503. The molecule has 4 saturated heterocycles. The SMILES string of the molecule is Cn1c(=O)n(CC(=O)NC(=O)CCN)c2ccc(N3CCC(CN4CCC5(CC4)CN(C(=O)C4(c6ccccc6)CCN(c6cnnc(-c7ccccc7O)c6)CC4)C5)CC3)cc21. The number of nitrogens with one attached hydrogen (secondary N) is 1. The molecule has 2 aromatic heterocycles. The smallest absolute Gasteiger partial charge is 0.329 e. The number of piperidine rings is 3. The van der Waals surface area contributed by atoms with Crippen LogP contribution >= 0.6 is 0 Å². The van der Waals surface area contributed by atoms with Crippen LogP contribution in [-0.2, 0) is 33.4 Å². The molecule has 3 aromatic carbocycles. The first kappa shape index (κ1) is 42.3. The number of aromatic hydroxyl groups is 1. The number of carbonyl (C=O) groups excluding carboxylic acids is 3. The van der Waals surface area contributed by atoms with Gasteiger partial charge >= 0.3 is 5.69 Å². The molecule has 6 heterocycles. The largest absolute Gasteiger partial charge is 0.507 e. The van der Waals surface area contributed by atoms with Crippen molar-refractivity contribution in [3.05, 3.63) is 101 Å². The first-order valence-electron chi connectivity index (χ1n) is 22.5. The van der Waals surface area contributed by atoms with E-state index in [4.69, 9.17) is 5.73 Å². The molecule has 63 heavy (non-hydrogen) atoms. The van der Waals surface area contributed by atoms with E-state index in [9.17, 15) is 24.3 Å². The summed E-state index contributed by atoms with van der Waals surface area (Å²) in [6, 6.07) is 25.5. The van der Waals surface area contributed by atoms with Crippen molar-refractivity contribution in [2.45, 2.75) is 56.9 Å². The van der Waals surface area contributed by atoms with Gasteiger partial charge in [-0.25, -0.2) is 4.79 Å². The summed E-state index contributed by atoms with van der Waals surface area (Å²) >= 11 is 0. The van der Waals surface area contributed by atoms with E-state index in [2.05, 4.69) is 47.2 Å². The zero-order valence-corrected chi connectivity index (χ0v) is 36.1. The lowest BCUT2D eigenvalue weighted by Crippen LogP contribution is -2.66. The second-order valence-corrected chi connectivity index (χ2v) is 18.3. The van der Waals surface area contributed by atoms with Crippen LogP contribution in [0.1, 0.15) is 50.5 Å². The standard InChI is InChI=1S/C48H58N10O5/c1-53-41-28-36(11-12-40(41)58(46(53)63)31-44(61)51-43(60)13-20-49)55-21-14-34(15-22-55)30-54-23-16-47(17-24-54)32-57(33-47)45(62)48(35-7-3-2-4-8-35)18-25-56(26-19-48)37-27-39(52-50-29-37)38-9-5-6-10-42(38)59/h2-12,27-29,34,59H,13-26,30-33,49H2,1H3,(H,51,60,61). The Labute approximate surface area is 367 Å². The van der Waals surface area contributed by atoms with Gasteiger partial charge in [0.1, 0.15) is 12.3 Å². The van der Waals surface area contributed by atoms with Crippen molar-refractivity contribution in [3.8, 4) is 17.0 Å². The lowest BCUT2D eigenvalue weighted by atomic mass is 9.67. The first-order chi connectivity index (χ1) is 30.5. The molecule has 4 N–H and O–H groups in total. The van der Waals surface area contributed by atoms with E-state index in [-0.39, 0.29) is 42.3 Å². The predicted molar refractivity (Wildman–Crippen MR) is 242 cm³/mol. The summed E-state index contributed by atoms with van der Waals surface area (Å²) in [6.45, 7) is 8.08. The van der Waals surface area contributed by atoms with Gasteiger partial charge in [0.2, 0.25) is 17.7 Å². The van der Waals surface area contributed by atoms with Crippen LogP contribution in [0, 0.1) is 11.3 Å². The Morgan fingerprint density at radius 2 is 1.51 bits per heavy atom. The van der Waals surface area contributed by atoms with Crippen LogP contribution in [0.2, 0.25) is 0 Å². The quantitative estimate of drug-likeness (QED) is 0.176. The average molecular weight is 855 g/mol. The number of phenols is 1. The Bertz CT molecular complexity index is 2520. The molecule has 0 unspecified atom stereocenters. The molecule has 0 saturated carbocycles. The average Bonchev–Trinajstić information content (AvgIpc) is 3.53. The van der Waals surface area contributed by atoms with Crippen LogP contribution in [0.4, 0.5) is 11.4 Å². The third-order valence-corrected chi connectivity index (χ3v) is 14.4. The highest BCUT2D eigenvalue weighted by atomic mass is 16.3. The third-order valence-electron chi connectivity index (χ3n) is 14.4. The Morgan fingerprint density at radius 3 is 2.22 bits per heavy atom. The number of aromatic nitrogens is 4. The number of para-hydroxylation sites is 1. The summed E-state index contributed by atoms with van der Waals surface area (Å²) in [5.74, 6) is 0.0551. The number of benzene rings is 3. The topological polar surface area (TPSA) is 175 Å². The van der Waals surface area contributed by atoms with Crippen LogP contribution < -0.4 is 26.5 Å². The number of carbonyl (C=O) groups is 3. The zero-order chi connectivity index (χ0) is 43.7. The molecule has 0 bridgehead atoms. The van der Waals surface area contributed by atoms with Gasteiger partial charge in [-0.15, -0.1) is 0 Å². The van der Waals surface area contributed by atoms with E-state index in [1.807, 2.05) is 54.6 Å². The maximum Gasteiger partial charge on any atom is 0.329 e. The molecule has 1 spiro atoms. The number of imidazole rings is 1. The Morgan fingerprint density at radius 1 is 0.810 bits per heavy atom. The number of imide groups is 1.